The molecule has 1 atom stereocenters. The van der Waals surface area contributed by atoms with Crippen LogP contribution in [0.1, 0.15) is 38.7 Å². The molecule has 0 aliphatic carbocycles. The first-order valence-electron chi connectivity index (χ1n) is 6.35. The summed E-state index contributed by atoms with van der Waals surface area (Å²) >= 11 is 5.98. The second kappa shape index (κ2) is 7.67. The minimum atomic E-state index is -0.186. The van der Waals surface area contributed by atoms with E-state index in [1.165, 1.54) is 6.07 Å². The molecule has 1 aromatic carbocycles. The number of benzene rings is 1. The highest BCUT2D eigenvalue weighted by Crippen LogP contribution is 2.21. The van der Waals surface area contributed by atoms with Gasteiger partial charge in [0, 0.05) is 16.6 Å². The van der Waals surface area contributed by atoms with Crippen molar-refractivity contribution in [3.8, 4) is 0 Å². The normalized spacial score (nSPS) is 12.7. The molecule has 1 unspecified atom stereocenters. The Morgan fingerprint density at radius 3 is 2.71 bits per heavy atom. The van der Waals surface area contributed by atoms with Crippen LogP contribution in [0, 0.1) is 5.82 Å². The monoisotopic (exact) mass is 257 g/mol. The molecular formula is C14H21ClFN. The van der Waals surface area contributed by atoms with Crippen LogP contribution >= 0.6 is 11.6 Å². The number of hydrogen-bond donors (Lipinski definition) is 1. The fraction of sp³-hybridized carbons (Fsp3) is 0.571. The lowest BCUT2D eigenvalue weighted by Crippen LogP contribution is -2.28. The molecule has 1 aromatic rings. The fourth-order valence-electron chi connectivity index (χ4n) is 2.04. The Morgan fingerprint density at radius 1 is 1.35 bits per heavy atom. The molecule has 3 heteroatoms. The van der Waals surface area contributed by atoms with E-state index >= 15 is 0 Å². The van der Waals surface area contributed by atoms with Gasteiger partial charge in [-0.05, 0) is 44.4 Å². The standard InChI is InChI=1S/C14H21ClFN/c1-3-11(17-4-2)7-5-8-12-13(15)9-6-10-14(12)16/h6,9-11,17H,3-5,7-8H2,1-2H3. The van der Waals surface area contributed by atoms with E-state index in [-0.39, 0.29) is 5.82 Å². The topological polar surface area (TPSA) is 12.0 Å². The molecule has 0 spiro atoms. The summed E-state index contributed by atoms with van der Waals surface area (Å²) in [6.07, 6.45) is 3.85. The van der Waals surface area contributed by atoms with Crippen molar-refractivity contribution in [2.24, 2.45) is 0 Å². The van der Waals surface area contributed by atoms with E-state index in [0.717, 1.165) is 25.8 Å². The van der Waals surface area contributed by atoms with Gasteiger partial charge in [-0.1, -0.05) is 31.5 Å². The molecule has 1 nitrogen and oxygen atoms in total. The Balaban J connectivity index is 2.45. The molecule has 0 aromatic heterocycles. The molecule has 0 aliphatic rings. The van der Waals surface area contributed by atoms with Crippen LogP contribution in [0.4, 0.5) is 4.39 Å². The minimum Gasteiger partial charge on any atom is -0.314 e. The minimum absolute atomic E-state index is 0.186. The summed E-state index contributed by atoms with van der Waals surface area (Å²) in [5.74, 6) is -0.186. The quantitative estimate of drug-likeness (QED) is 0.772. The average Bonchev–Trinajstić information content (AvgIpc) is 2.31. The molecule has 0 fully saturated rings. The van der Waals surface area contributed by atoms with Gasteiger partial charge in [0.25, 0.3) is 0 Å². The van der Waals surface area contributed by atoms with Gasteiger partial charge < -0.3 is 5.32 Å². The van der Waals surface area contributed by atoms with Crippen LogP contribution in [0.2, 0.25) is 5.02 Å². The van der Waals surface area contributed by atoms with Gasteiger partial charge in [0.15, 0.2) is 0 Å². The molecule has 1 rings (SSSR count). The zero-order chi connectivity index (χ0) is 12.7. The third-order valence-electron chi connectivity index (χ3n) is 3.03. The number of rotatable bonds is 7. The van der Waals surface area contributed by atoms with Gasteiger partial charge in [-0.15, -0.1) is 0 Å². The smallest absolute Gasteiger partial charge is 0.127 e. The van der Waals surface area contributed by atoms with Gasteiger partial charge in [0.05, 0.1) is 0 Å². The van der Waals surface area contributed by atoms with Crippen molar-refractivity contribution in [3.63, 3.8) is 0 Å². The summed E-state index contributed by atoms with van der Waals surface area (Å²) in [6.45, 7) is 5.26. The third-order valence-corrected chi connectivity index (χ3v) is 3.38. The van der Waals surface area contributed by atoms with Crippen molar-refractivity contribution < 1.29 is 4.39 Å². The van der Waals surface area contributed by atoms with E-state index in [0.29, 0.717) is 23.0 Å². The summed E-state index contributed by atoms with van der Waals surface area (Å²) in [5, 5.41) is 3.96. The Morgan fingerprint density at radius 2 is 2.12 bits per heavy atom. The first-order chi connectivity index (χ1) is 8.19. The van der Waals surface area contributed by atoms with Crippen molar-refractivity contribution in [2.45, 2.75) is 45.6 Å². The van der Waals surface area contributed by atoms with E-state index in [4.69, 9.17) is 11.6 Å². The lowest BCUT2D eigenvalue weighted by molar-refractivity contribution is 0.464. The maximum absolute atomic E-state index is 13.5. The summed E-state index contributed by atoms with van der Waals surface area (Å²) in [7, 11) is 0. The zero-order valence-electron chi connectivity index (χ0n) is 10.6. The van der Waals surface area contributed by atoms with E-state index in [1.54, 1.807) is 12.1 Å². The Bertz CT molecular complexity index is 321. The van der Waals surface area contributed by atoms with Crippen LogP contribution in [0.3, 0.4) is 0 Å². The average molecular weight is 258 g/mol. The summed E-state index contributed by atoms with van der Waals surface area (Å²) in [4.78, 5) is 0. The van der Waals surface area contributed by atoms with Gasteiger partial charge >= 0.3 is 0 Å². The highest BCUT2D eigenvalue weighted by atomic mass is 35.5. The number of hydrogen-bond acceptors (Lipinski definition) is 1. The molecule has 0 saturated carbocycles. The molecule has 0 radical (unpaired) electrons. The molecule has 1 N–H and O–H groups in total. The lowest BCUT2D eigenvalue weighted by atomic mass is 10.0. The molecule has 0 bridgehead atoms. The first kappa shape index (κ1) is 14.5. The van der Waals surface area contributed by atoms with Gasteiger partial charge in [0.2, 0.25) is 0 Å². The predicted molar refractivity (Wildman–Crippen MR) is 72.1 cm³/mol. The largest absolute Gasteiger partial charge is 0.314 e. The van der Waals surface area contributed by atoms with Crippen molar-refractivity contribution in [2.75, 3.05) is 6.54 Å². The van der Waals surface area contributed by atoms with Gasteiger partial charge in [0.1, 0.15) is 5.82 Å². The second-order valence-electron chi connectivity index (χ2n) is 4.26. The first-order valence-corrected chi connectivity index (χ1v) is 6.73. The van der Waals surface area contributed by atoms with Gasteiger partial charge in [-0.25, -0.2) is 4.39 Å². The highest BCUT2D eigenvalue weighted by molar-refractivity contribution is 6.31. The SMILES string of the molecule is CCNC(CC)CCCc1c(F)cccc1Cl. The zero-order valence-corrected chi connectivity index (χ0v) is 11.4. The molecule has 0 amide bonds. The molecule has 0 aliphatic heterocycles. The van der Waals surface area contributed by atoms with Crippen LogP contribution in [-0.2, 0) is 6.42 Å². The fourth-order valence-corrected chi connectivity index (χ4v) is 2.29. The van der Waals surface area contributed by atoms with Crippen molar-refractivity contribution in [1.29, 1.82) is 0 Å². The molecule has 0 heterocycles. The third kappa shape index (κ3) is 4.64. The van der Waals surface area contributed by atoms with Gasteiger partial charge in [-0.2, -0.15) is 0 Å². The van der Waals surface area contributed by atoms with E-state index in [1.807, 2.05) is 0 Å². The number of nitrogens with one attached hydrogen (secondary N) is 1. The molecule has 96 valence electrons. The molecular weight excluding hydrogens is 237 g/mol. The van der Waals surface area contributed by atoms with Crippen LogP contribution in [0.5, 0.6) is 0 Å². The molecule has 17 heavy (non-hydrogen) atoms. The van der Waals surface area contributed by atoms with E-state index in [2.05, 4.69) is 19.2 Å². The number of halogens is 2. The summed E-state index contributed by atoms with van der Waals surface area (Å²) < 4.78 is 13.5. The Labute approximate surface area is 108 Å². The second-order valence-corrected chi connectivity index (χ2v) is 4.66. The van der Waals surface area contributed by atoms with E-state index in [9.17, 15) is 4.39 Å². The van der Waals surface area contributed by atoms with Crippen LogP contribution in [0.15, 0.2) is 18.2 Å². The van der Waals surface area contributed by atoms with Crippen LogP contribution in [-0.4, -0.2) is 12.6 Å². The summed E-state index contributed by atoms with van der Waals surface area (Å²) in [6, 6.07) is 5.41. The Hall–Kier alpha value is -0.600. The van der Waals surface area contributed by atoms with Crippen molar-refractivity contribution in [1.82, 2.24) is 5.32 Å². The maximum Gasteiger partial charge on any atom is 0.127 e. The predicted octanol–water partition coefficient (Wildman–Crippen LogP) is 4.19. The molecule has 0 saturated heterocycles. The van der Waals surface area contributed by atoms with Crippen LogP contribution in [0.25, 0.3) is 0 Å². The maximum atomic E-state index is 13.5. The highest BCUT2D eigenvalue weighted by Gasteiger charge is 2.08. The van der Waals surface area contributed by atoms with Gasteiger partial charge in [-0.3, -0.25) is 0 Å². The van der Waals surface area contributed by atoms with Crippen molar-refractivity contribution in [3.05, 3.63) is 34.6 Å². The Kier molecular flexibility index (Phi) is 6.53. The van der Waals surface area contributed by atoms with Crippen LogP contribution < -0.4 is 5.32 Å². The van der Waals surface area contributed by atoms with Crippen molar-refractivity contribution >= 4 is 11.6 Å². The lowest BCUT2D eigenvalue weighted by Gasteiger charge is -2.15. The van der Waals surface area contributed by atoms with E-state index < -0.39 is 0 Å². The summed E-state index contributed by atoms with van der Waals surface area (Å²) in [5.41, 5.74) is 0.653.